The van der Waals surface area contributed by atoms with Crippen LogP contribution in [0.5, 0.6) is 11.5 Å². The number of rotatable bonds is 2. The van der Waals surface area contributed by atoms with E-state index in [1.165, 1.54) is 6.08 Å². The predicted octanol–water partition coefficient (Wildman–Crippen LogP) is 4.14. The molecule has 2 aromatic rings. The molecule has 0 spiro atoms. The Hall–Kier alpha value is -2.72. The van der Waals surface area contributed by atoms with Gasteiger partial charge in [0.15, 0.2) is 11.5 Å². The van der Waals surface area contributed by atoms with Gasteiger partial charge in [0.2, 0.25) is 6.79 Å². The van der Waals surface area contributed by atoms with Crippen LogP contribution in [0.4, 0.5) is 0 Å². The number of amides is 1. The summed E-state index contributed by atoms with van der Waals surface area (Å²) >= 11 is 6.12. The predicted molar refractivity (Wildman–Crippen MR) is 97.5 cm³/mol. The molecular weight excluding hydrogens is 338 g/mol. The fraction of sp³-hybridized carbons (Fsp3) is 0.150. The topological polar surface area (TPSA) is 38.8 Å². The molecule has 0 bridgehead atoms. The van der Waals surface area contributed by atoms with E-state index >= 15 is 0 Å². The van der Waals surface area contributed by atoms with Crippen molar-refractivity contribution >= 4 is 29.3 Å². The zero-order valence-electron chi connectivity index (χ0n) is 13.5. The van der Waals surface area contributed by atoms with Crippen molar-refractivity contribution in [2.24, 2.45) is 0 Å². The Bertz CT molecular complexity index is 904. The Balaban J connectivity index is 1.57. The lowest BCUT2D eigenvalue weighted by Gasteiger charge is -2.30. The first kappa shape index (κ1) is 15.8. The molecule has 5 heteroatoms. The van der Waals surface area contributed by atoms with E-state index in [0.717, 1.165) is 28.9 Å². The lowest BCUT2D eigenvalue weighted by atomic mass is 9.96. The molecule has 0 aliphatic carbocycles. The van der Waals surface area contributed by atoms with Gasteiger partial charge in [-0.2, -0.15) is 0 Å². The van der Waals surface area contributed by atoms with Crippen LogP contribution in [-0.2, 0) is 11.2 Å². The summed E-state index contributed by atoms with van der Waals surface area (Å²) in [6.07, 6.45) is 4.01. The number of halogens is 1. The molecule has 4 rings (SSSR count). The lowest BCUT2D eigenvalue weighted by Crippen LogP contribution is -2.33. The van der Waals surface area contributed by atoms with E-state index in [-0.39, 0.29) is 12.7 Å². The van der Waals surface area contributed by atoms with Crippen LogP contribution >= 0.6 is 11.6 Å². The Morgan fingerprint density at radius 1 is 1.20 bits per heavy atom. The summed E-state index contributed by atoms with van der Waals surface area (Å²) in [6, 6.07) is 11.3. The number of benzene rings is 2. The number of carbonyl (C=O) groups excluding carboxylic acids is 1. The van der Waals surface area contributed by atoms with Crippen LogP contribution in [-0.4, -0.2) is 24.1 Å². The first-order valence-electron chi connectivity index (χ1n) is 7.99. The summed E-state index contributed by atoms with van der Waals surface area (Å²) in [5.74, 6) is 1.33. The molecule has 0 fully saturated rings. The van der Waals surface area contributed by atoms with Gasteiger partial charge in [0.1, 0.15) is 0 Å². The highest BCUT2D eigenvalue weighted by Gasteiger charge is 2.26. The van der Waals surface area contributed by atoms with Crippen molar-refractivity contribution in [2.75, 3.05) is 13.3 Å². The van der Waals surface area contributed by atoms with Gasteiger partial charge in [-0.25, -0.2) is 0 Å². The van der Waals surface area contributed by atoms with Gasteiger partial charge < -0.3 is 14.4 Å². The summed E-state index contributed by atoms with van der Waals surface area (Å²) < 4.78 is 10.8. The maximum absolute atomic E-state index is 12.6. The SMILES string of the molecule is C=C1c2cc3c(cc2CCN1C(=O)C=Cc1ccccc1Cl)OCO3. The van der Waals surface area contributed by atoms with Crippen molar-refractivity contribution in [2.45, 2.75) is 6.42 Å². The third-order valence-corrected chi connectivity index (χ3v) is 4.76. The normalized spacial score (nSPS) is 15.6. The molecule has 4 nitrogen and oxygen atoms in total. The molecule has 0 atom stereocenters. The second-order valence-electron chi connectivity index (χ2n) is 5.90. The second-order valence-corrected chi connectivity index (χ2v) is 6.31. The highest BCUT2D eigenvalue weighted by atomic mass is 35.5. The number of carbonyl (C=O) groups is 1. The Kier molecular flexibility index (Phi) is 3.98. The molecule has 0 aromatic heterocycles. The maximum Gasteiger partial charge on any atom is 0.251 e. The highest BCUT2D eigenvalue weighted by Crippen LogP contribution is 2.39. The summed E-state index contributed by atoms with van der Waals surface area (Å²) in [5.41, 5.74) is 3.53. The largest absolute Gasteiger partial charge is 0.454 e. The zero-order valence-corrected chi connectivity index (χ0v) is 14.3. The minimum absolute atomic E-state index is 0.117. The van der Waals surface area contributed by atoms with Gasteiger partial charge in [-0.1, -0.05) is 36.4 Å². The molecule has 0 saturated carbocycles. The second kappa shape index (κ2) is 6.30. The number of nitrogens with zero attached hydrogens (tertiary/aromatic N) is 1. The first-order valence-corrected chi connectivity index (χ1v) is 8.37. The molecule has 0 N–H and O–H groups in total. The van der Waals surface area contributed by atoms with E-state index < -0.39 is 0 Å². The number of hydrogen-bond acceptors (Lipinski definition) is 3. The molecule has 1 amide bonds. The molecule has 2 heterocycles. The zero-order chi connectivity index (χ0) is 17.4. The smallest absolute Gasteiger partial charge is 0.251 e. The quantitative estimate of drug-likeness (QED) is 0.762. The summed E-state index contributed by atoms with van der Waals surface area (Å²) in [7, 11) is 0. The molecule has 2 aliphatic heterocycles. The van der Waals surface area contributed by atoms with Crippen LogP contribution in [0.2, 0.25) is 5.02 Å². The molecule has 2 aromatic carbocycles. The van der Waals surface area contributed by atoms with Gasteiger partial charge in [0, 0.05) is 28.9 Å². The monoisotopic (exact) mass is 353 g/mol. The van der Waals surface area contributed by atoms with Crippen LogP contribution in [0.25, 0.3) is 11.8 Å². The van der Waals surface area contributed by atoms with Gasteiger partial charge in [0.25, 0.3) is 5.91 Å². The fourth-order valence-electron chi connectivity index (χ4n) is 3.08. The average molecular weight is 354 g/mol. The maximum atomic E-state index is 12.6. The van der Waals surface area contributed by atoms with E-state index in [4.69, 9.17) is 21.1 Å². The van der Waals surface area contributed by atoms with Crippen molar-refractivity contribution < 1.29 is 14.3 Å². The van der Waals surface area contributed by atoms with E-state index in [1.807, 2.05) is 30.3 Å². The van der Waals surface area contributed by atoms with E-state index in [0.29, 0.717) is 23.0 Å². The minimum Gasteiger partial charge on any atom is -0.454 e. The third-order valence-electron chi connectivity index (χ3n) is 4.42. The first-order chi connectivity index (χ1) is 12.1. The number of hydrogen-bond donors (Lipinski definition) is 0. The molecule has 25 heavy (non-hydrogen) atoms. The van der Waals surface area contributed by atoms with Crippen LogP contribution < -0.4 is 9.47 Å². The number of fused-ring (bicyclic) bond motifs is 2. The van der Waals surface area contributed by atoms with Gasteiger partial charge in [-0.15, -0.1) is 0 Å². The lowest BCUT2D eigenvalue weighted by molar-refractivity contribution is -0.123. The molecule has 2 aliphatic rings. The van der Waals surface area contributed by atoms with E-state index in [1.54, 1.807) is 17.0 Å². The van der Waals surface area contributed by atoms with Crippen molar-refractivity contribution in [3.05, 3.63) is 70.8 Å². The third kappa shape index (κ3) is 2.89. The molecule has 0 unspecified atom stereocenters. The van der Waals surface area contributed by atoms with Crippen molar-refractivity contribution in [3.63, 3.8) is 0 Å². The van der Waals surface area contributed by atoms with Crippen molar-refractivity contribution in [1.82, 2.24) is 4.90 Å². The Morgan fingerprint density at radius 2 is 1.96 bits per heavy atom. The van der Waals surface area contributed by atoms with E-state index in [9.17, 15) is 4.79 Å². The van der Waals surface area contributed by atoms with Crippen LogP contribution in [0, 0.1) is 0 Å². The van der Waals surface area contributed by atoms with Gasteiger partial charge >= 0.3 is 0 Å². The summed E-state index contributed by atoms with van der Waals surface area (Å²) in [6.45, 7) is 4.92. The molecule has 126 valence electrons. The average Bonchev–Trinajstić information content (AvgIpc) is 3.07. The molecule has 0 saturated heterocycles. The summed E-state index contributed by atoms with van der Waals surface area (Å²) in [5, 5.41) is 0.613. The van der Waals surface area contributed by atoms with Crippen LogP contribution in [0.1, 0.15) is 16.7 Å². The molecule has 0 radical (unpaired) electrons. The summed E-state index contributed by atoms with van der Waals surface area (Å²) in [4.78, 5) is 14.3. The van der Waals surface area contributed by atoms with Gasteiger partial charge in [-0.05, 0) is 41.8 Å². The van der Waals surface area contributed by atoms with Gasteiger partial charge in [-0.3, -0.25) is 4.79 Å². The standard InChI is InChI=1S/C20H16ClNO3/c1-13-16-11-19-18(24-12-25-19)10-15(16)8-9-22(13)20(23)7-6-14-4-2-3-5-17(14)21/h2-7,10-11H,1,8-9,12H2. The highest BCUT2D eigenvalue weighted by molar-refractivity contribution is 6.32. The van der Waals surface area contributed by atoms with Crippen LogP contribution in [0.3, 0.4) is 0 Å². The van der Waals surface area contributed by atoms with Crippen LogP contribution in [0.15, 0.2) is 49.1 Å². The Morgan fingerprint density at radius 3 is 2.76 bits per heavy atom. The number of ether oxygens (including phenoxy) is 2. The Labute approximate surface area is 150 Å². The van der Waals surface area contributed by atoms with Gasteiger partial charge in [0.05, 0.1) is 0 Å². The van der Waals surface area contributed by atoms with E-state index in [2.05, 4.69) is 6.58 Å². The molecular formula is C20H16ClNO3. The van der Waals surface area contributed by atoms with Crippen molar-refractivity contribution in [3.8, 4) is 11.5 Å². The minimum atomic E-state index is -0.117. The fourth-order valence-corrected chi connectivity index (χ4v) is 3.28. The van der Waals surface area contributed by atoms with Crippen molar-refractivity contribution in [1.29, 1.82) is 0 Å².